The summed E-state index contributed by atoms with van der Waals surface area (Å²) >= 11 is 0. The van der Waals surface area contributed by atoms with Gasteiger partial charge in [0.2, 0.25) is 5.95 Å². The van der Waals surface area contributed by atoms with Crippen LogP contribution in [0.4, 0.5) is 5.95 Å². The number of aromatic nitrogens is 4. The minimum absolute atomic E-state index is 0.585. The molecule has 1 aliphatic carbocycles. The SMILES string of the molecule is c1cc2ncnn2c(NC2CC2)n1. The molecule has 0 atom stereocenters. The molecule has 5 nitrogen and oxygen atoms in total. The molecule has 0 aromatic carbocycles. The van der Waals surface area contributed by atoms with Crippen molar-refractivity contribution in [2.45, 2.75) is 18.9 Å². The van der Waals surface area contributed by atoms with Crippen molar-refractivity contribution in [2.24, 2.45) is 0 Å². The van der Waals surface area contributed by atoms with Gasteiger partial charge in [-0.1, -0.05) is 0 Å². The zero-order valence-corrected chi connectivity index (χ0v) is 7.01. The van der Waals surface area contributed by atoms with Gasteiger partial charge < -0.3 is 5.32 Å². The van der Waals surface area contributed by atoms with Crippen LogP contribution in [-0.4, -0.2) is 25.6 Å². The molecule has 0 spiro atoms. The van der Waals surface area contributed by atoms with Crippen molar-refractivity contribution in [3.63, 3.8) is 0 Å². The molecule has 0 saturated heterocycles. The maximum atomic E-state index is 4.21. The Labute approximate surface area is 74.8 Å². The van der Waals surface area contributed by atoms with E-state index in [4.69, 9.17) is 0 Å². The third-order valence-electron chi connectivity index (χ3n) is 2.11. The fraction of sp³-hybridized carbons (Fsp3) is 0.375. The molecule has 0 unspecified atom stereocenters. The van der Waals surface area contributed by atoms with Crippen molar-refractivity contribution < 1.29 is 0 Å². The number of rotatable bonds is 2. The summed E-state index contributed by atoms with van der Waals surface area (Å²) in [5.74, 6) is 0.789. The molecule has 1 fully saturated rings. The van der Waals surface area contributed by atoms with Crippen LogP contribution in [0.5, 0.6) is 0 Å². The molecule has 2 aromatic heterocycles. The summed E-state index contributed by atoms with van der Waals surface area (Å²) in [4.78, 5) is 8.29. The normalized spacial score (nSPS) is 16.3. The number of nitrogens with zero attached hydrogens (tertiary/aromatic N) is 4. The fourth-order valence-corrected chi connectivity index (χ4v) is 1.27. The van der Waals surface area contributed by atoms with Crippen LogP contribution in [0.3, 0.4) is 0 Å². The molecule has 1 aliphatic rings. The van der Waals surface area contributed by atoms with Crippen LogP contribution in [0.1, 0.15) is 12.8 Å². The lowest BCUT2D eigenvalue weighted by Gasteiger charge is -2.03. The summed E-state index contributed by atoms with van der Waals surface area (Å²) in [6.07, 6.45) is 5.74. The maximum absolute atomic E-state index is 4.21. The Morgan fingerprint density at radius 3 is 3.15 bits per heavy atom. The molecule has 0 amide bonds. The largest absolute Gasteiger partial charge is 0.351 e. The van der Waals surface area contributed by atoms with Crippen molar-refractivity contribution in [3.05, 3.63) is 18.6 Å². The van der Waals surface area contributed by atoms with Gasteiger partial charge in [-0.15, -0.1) is 0 Å². The van der Waals surface area contributed by atoms with Gasteiger partial charge in [0.25, 0.3) is 0 Å². The van der Waals surface area contributed by atoms with Crippen molar-refractivity contribution in [1.29, 1.82) is 0 Å². The van der Waals surface area contributed by atoms with E-state index in [1.807, 2.05) is 6.07 Å². The second-order valence-corrected chi connectivity index (χ2v) is 3.22. The van der Waals surface area contributed by atoms with Crippen LogP contribution in [0, 0.1) is 0 Å². The molecule has 3 rings (SSSR count). The predicted molar refractivity (Wildman–Crippen MR) is 47.4 cm³/mol. The summed E-state index contributed by atoms with van der Waals surface area (Å²) in [7, 11) is 0. The Kier molecular flexibility index (Phi) is 1.27. The van der Waals surface area contributed by atoms with Gasteiger partial charge in [-0.25, -0.2) is 9.97 Å². The minimum atomic E-state index is 0.585. The molecule has 2 heterocycles. The molecule has 1 N–H and O–H groups in total. The number of hydrogen-bond acceptors (Lipinski definition) is 4. The van der Waals surface area contributed by atoms with E-state index >= 15 is 0 Å². The fourth-order valence-electron chi connectivity index (χ4n) is 1.27. The average molecular weight is 175 g/mol. The Hall–Kier alpha value is -1.65. The highest BCUT2D eigenvalue weighted by atomic mass is 15.4. The molecule has 2 aromatic rings. The topological polar surface area (TPSA) is 55.1 Å². The van der Waals surface area contributed by atoms with Gasteiger partial charge in [-0.2, -0.15) is 9.61 Å². The highest BCUT2D eigenvalue weighted by molar-refractivity contribution is 5.43. The Morgan fingerprint density at radius 1 is 1.38 bits per heavy atom. The first kappa shape index (κ1) is 6.82. The summed E-state index contributed by atoms with van der Waals surface area (Å²) in [6, 6.07) is 2.42. The lowest BCUT2D eigenvalue weighted by atomic mass is 10.6. The van der Waals surface area contributed by atoms with Gasteiger partial charge in [0, 0.05) is 18.3 Å². The number of hydrogen-bond donors (Lipinski definition) is 1. The smallest absolute Gasteiger partial charge is 0.226 e. The summed E-state index contributed by atoms with van der Waals surface area (Å²) in [5, 5.41) is 7.37. The van der Waals surface area contributed by atoms with Crippen LogP contribution >= 0.6 is 0 Å². The van der Waals surface area contributed by atoms with E-state index < -0.39 is 0 Å². The Morgan fingerprint density at radius 2 is 2.31 bits per heavy atom. The molecule has 0 bridgehead atoms. The number of anilines is 1. The van der Waals surface area contributed by atoms with E-state index in [2.05, 4.69) is 20.4 Å². The molecule has 0 aliphatic heterocycles. The molecule has 0 radical (unpaired) electrons. The second kappa shape index (κ2) is 2.42. The predicted octanol–water partition coefficient (Wildman–Crippen LogP) is 0.699. The number of fused-ring (bicyclic) bond motifs is 1. The minimum Gasteiger partial charge on any atom is -0.351 e. The van der Waals surface area contributed by atoms with Gasteiger partial charge in [0.1, 0.15) is 6.33 Å². The zero-order chi connectivity index (χ0) is 8.67. The van der Waals surface area contributed by atoms with Crippen molar-refractivity contribution in [3.8, 4) is 0 Å². The number of nitrogens with one attached hydrogen (secondary N) is 1. The Balaban J connectivity index is 2.09. The van der Waals surface area contributed by atoms with Gasteiger partial charge in [-0.05, 0) is 12.8 Å². The highest BCUT2D eigenvalue weighted by Crippen LogP contribution is 2.23. The summed E-state index contributed by atoms with van der Waals surface area (Å²) < 4.78 is 1.72. The van der Waals surface area contributed by atoms with E-state index in [-0.39, 0.29) is 0 Å². The average Bonchev–Trinajstić information content (AvgIpc) is 2.83. The van der Waals surface area contributed by atoms with Gasteiger partial charge in [0.05, 0.1) is 0 Å². The van der Waals surface area contributed by atoms with Gasteiger partial charge in [0.15, 0.2) is 5.65 Å². The van der Waals surface area contributed by atoms with Crippen LogP contribution in [0.15, 0.2) is 18.6 Å². The van der Waals surface area contributed by atoms with E-state index in [0.717, 1.165) is 11.6 Å². The molecule has 1 saturated carbocycles. The molecule has 13 heavy (non-hydrogen) atoms. The van der Waals surface area contributed by atoms with Crippen LogP contribution in [0.2, 0.25) is 0 Å². The third kappa shape index (κ3) is 1.12. The maximum Gasteiger partial charge on any atom is 0.226 e. The van der Waals surface area contributed by atoms with Crippen LogP contribution < -0.4 is 5.32 Å². The first-order valence-electron chi connectivity index (χ1n) is 4.35. The quantitative estimate of drug-likeness (QED) is 0.729. The lowest BCUT2D eigenvalue weighted by molar-refractivity contribution is 0.905. The lowest BCUT2D eigenvalue weighted by Crippen LogP contribution is -2.08. The van der Waals surface area contributed by atoms with E-state index in [1.165, 1.54) is 19.2 Å². The zero-order valence-electron chi connectivity index (χ0n) is 7.01. The van der Waals surface area contributed by atoms with E-state index in [9.17, 15) is 0 Å². The second-order valence-electron chi connectivity index (χ2n) is 3.22. The van der Waals surface area contributed by atoms with Crippen LogP contribution in [0.25, 0.3) is 5.65 Å². The first-order valence-corrected chi connectivity index (χ1v) is 4.35. The molecule has 66 valence electrons. The monoisotopic (exact) mass is 175 g/mol. The first-order chi connectivity index (χ1) is 6.43. The van der Waals surface area contributed by atoms with E-state index in [0.29, 0.717) is 6.04 Å². The van der Waals surface area contributed by atoms with Crippen LogP contribution in [-0.2, 0) is 0 Å². The Bertz CT molecular complexity index is 431. The van der Waals surface area contributed by atoms with Crippen molar-refractivity contribution in [1.82, 2.24) is 19.6 Å². The van der Waals surface area contributed by atoms with E-state index in [1.54, 1.807) is 10.7 Å². The third-order valence-corrected chi connectivity index (χ3v) is 2.11. The van der Waals surface area contributed by atoms with Crippen molar-refractivity contribution >= 4 is 11.6 Å². The molecule has 5 heteroatoms. The standard InChI is InChI=1S/C8H9N5/c1-2-6(1)12-8-9-4-3-7-10-5-11-13(7)8/h3-6H,1-2H2,(H,9,12). The highest BCUT2D eigenvalue weighted by Gasteiger charge is 2.22. The van der Waals surface area contributed by atoms with Gasteiger partial charge in [-0.3, -0.25) is 0 Å². The van der Waals surface area contributed by atoms with Crippen molar-refractivity contribution in [2.75, 3.05) is 5.32 Å². The summed E-state index contributed by atoms with van der Waals surface area (Å²) in [6.45, 7) is 0. The molecular weight excluding hydrogens is 166 g/mol. The molecular formula is C8H9N5. The van der Waals surface area contributed by atoms with Gasteiger partial charge >= 0.3 is 0 Å². The summed E-state index contributed by atoms with van der Waals surface area (Å²) in [5.41, 5.74) is 0.832.